The number of methoxy groups -OCH3 is 1. The molecule has 0 aliphatic carbocycles. The summed E-state index contributed by atoms with van der Waals surface area (Å²) in [7, 11) is 1.67. The van der Waals surface area contributed by atoms with Crippen molar-refractivity contribution in [3.63, 3.8) is 0 Å². The molecule has 1 heterocycles. The Bertz CT molecular complexity index is 772. The predicted octanol–water partition coefficient (Wildman–Crippen LogP) is 4.71. The standard InChI is InChI=1S/C20H20O3/c1-14-6-4-5-7-17(14)18(10-8-15(2)21-3)16-9-11-19-20(12-16)23-13-22-19/h4-12H,13H2,1-3H3/b15-8+,18-10-. The van der Waals surface area contributed by atoms with E-state index in [0.717, 1.165) is 28.4 Å². The van der Waals surface area contributed by atoms with E-state index in [4.69, 9.17) is 14.2 Å². The van der Waals surface area contributed by atoms with Crippen LogP contribution in [0.25, 0.3) is 5.57 Å². The van der Waals surface area contributed by atoms with Gasteiger partial charge in [0.05, 0.1) is 12.9 Å². The van der Waals surface area contributed by atoms with E-state index in [9.17, 15) is 0 Å². The first-order valence-electron chi connectivity index (χ1n) is 7.57. The minimum atomic E-state index is 0.283. The number of benzene rings is 2. The summed E-state index contributed by atoms with van der Waals surface area (Å²) in [5.41, 5.74) is 4.62. The van der Waals surface area contributed by atoms with Crippen molar-refractivity contribution in [3.8, 4) is 11.5 Å². The van der Waals surface area contributed by atoms with Gasteiger partial charge in [0.15, 0.2) is 11.5 Å². The molecule has 2 aromatic carbocycles. The lowest BCUT2D eigenvalue weighted by Gasteiger charge is -2.12. The first-order chi connectivity index (χ1) is 11.2. The van der Waals surface area contributed by atoms with Crippen molar-refractivity contribution in [2.45, 2.75) is 13.8 Å². The molecule has 0 unspecified atom stereocenters. The van der Waals surface area contributed by atoms with Crippen molar-refractivity contribution in [3.05, 3.63) is 77.1 Å². The van der Waals surface area contributed by atoms with Crippen LogP contribution in [-0.4, -0.2) is 13.9 Å². The predicted molar refractivity (Wildman–Crippen MR) is 91.6 cm³/mol. The van der Waals surface area contributed by atoms with Crippen molar-refractivity contribution in [1.82, 2.24) is 0 Å². The van der Waals surface area contributed by atoms with Gasteiger partial charge in [0.25, 0.3) is 0 Å². The first-order valence-corrected chi connectivity index (χ1v) is 7.57. The summed E-state index contributed by atoms with van der Waals surface area (Å²) in [6.45, 7) is 4.33. The molecule has 0 fully saturated rings. The monoisotopic (exact) mass is 308 g/mol. The number of aryl methyl sites for hydroxylation is 1. The van der Waals surface area contributed by atoms with Gasteiger partial charge in [0.1, 0.15) is 0 Å². The average molecular weight is 308 g/mol. The van der Waals surface area contributed by atoms with Crippen LogP contribution >= 0.6 is 0 Å². The van der Waals surface area contributed by atoms with Gasteiger partial charge in [0.2, 0.25) is 6.79 Å². The summed E-state index contributed by atoms with van der Waals surface area (Å²) < 4.78 is 16.2. The highest BCUT2D eigenvalue weighted by molar-refractivity contribution is 5.83. The Morgan fingerprint density at radius 2 is 1.83 bits per heavy atom. The Labute approximate surface area is 136 Å². The van der Waals surface area contributed by atoms with Crippen LogP contribution in [0.15, 0.2) is 60.4 Å². The van der Waals surface area contributed by atoms with Crippen LogP contribution in [0.4, 0.5) is 0 Å². The molecule has 118 valence electrons. The molecule has 0 N–H and O–H groups in total. The number of hydrogen-bond donors (Lipinski definition) is 0. The molecular weight excluding hydrogens is 288 g/mol. The molecular formula is C20H20O3. The smallest absolute Gasteiger partial charge is 0.231 e. The van der Waals surface area contributed by atoms with E-state index >= 15 is 0 Å². The SMILES string of the molecule is CO/C(C)=C/C=C(/c1ccc2c(c1)OCO2)c1ccccc1C. The fourth-order valence-electron chi connectivity index (χ4n) is 2.55. The van der Waals surface area contributed by atoms with Gasteiger partial charge in [0, 0.05) is 0 Å². The van der Waals surface area contributed by atoms with Crippen LogP contribution in [0.3, 0.4) is 0 Å². The van der Waals surface area contributed by atoms with Gasteiger partial charge < -0.3 is 14.2 Å². The molecule has 0 saturated carbocycles. The van der Waals surface area contributed by atoms with Gasteiger partial charge in [-0.25, -0.2) is 0 Å². The third-order valence-electron chi connectivity index (χ3n) is 3.93. The van der Waals surface area contributed by atoms with Crippen LogP contribution in [0, 0.1) is 6.92 Å². The number of allylic oxidation sites excluding steroid dienone is 3. The molecule has 3 nitrogen and oxygen atoms in total. The van der Waals surface area contributed by atoms with Crippen molar-refractivity contribution in [1.29, 1.82) is 0 Å². The highest BCUT2D eigenvalue weighted by Crippen LogP contribution is 2.36. The summed E-state index contributed by atoms with van der Waals surface area (Å²) in [6, 6.07) is 14.4. The number of ether oxygens (including phenoxy) is 3. The summed E-state index contributed by atoms with van der Waals surface area (Å²) in [4.78, 5) is 0. The first kappa shape index (κ1) is 15.2. The van der Waals surface area contributed by atoms with Crippen LogP contribution in [0.5, 0.6) is 11.5 Å². The van der Waals surface area contributed by atoms with E-state index in [1.807, 2.05) is 31.2 Å². The zero-order valence-corrected chi connectivity index (χ0v) is 13.6. The quantitative estimate of drug-likeness (QED) is 0.605. The maximum Gasteiger partial charge on any atom is 0.231 e. The van der Waals surface area contributed by atoms with Gasteiger partial charge >= 0.3 is 0 Å². The minimum Gasteiger partial charge on any atom is -0.501 e. The van der Waals surface area contributed by atoms with Gasteiger partial charge in [-0.05, 0) is 54.3 Å². The maximum absolute atomic E-state index is 5.51. The zero-order chi connectivity index (χ0) is 16.2. The molecule has 1 aliphatic heterocycles. The molecule has 0 aromatic heterocycles. The fourth-order valence-corrected chi connectivity index (χ4v) is 2.55. The van der Waals surface area contributed by atoms with E-state index in [1.54, 1.807) is 7.11 Å². The Balaban J connectivity index is 2.11. The normalized spacial score (nSPS) is 14.0. The van der Waals surface area contributed by atoms with Gasteiger partial charge in [-0.1, -0.05) is 36.4 Å². The van der Waals surface area contributed by atoms with Gasteiger partial charge in [-0.2, -0.15) is 0 Å². The molecule has 1 aliphatic rings. The van der Waals surface area contributed by atoms with Gasteiger partial charge in [-0.3, -0.25) is 0 Å². The average Bonchev–Trinajstić information content (AvgIpc) is 3.04. The molecule has 3 heteroatoms. The molecule has 0 bridgehead atoms. The lowest BCUT2D eigenvalue weighted by molar-refractivity contribution is 0.174. The third-order valence-corrected chi connectivity index (χ3v) is 3.93. The van der Waals surface area contributed by atoms with Crippen LogP contribution in [-0.2, 0) is 4.74 Å². The Morgan fingerprint density at radius 3 is 2.61 bits per heavy atom. The summed E-state index contributed by atoms with van der Waals surface area (Å²) >= 11 is 0. The highest BCUT2D eigenvalue weighted by Gasteiger charge is 2.16. The summed E-state index contributed by atoms with van der Waals surface area (Å²) in [5, 5.41) is 0. The Morgan fingerprint density at radius 1 is 1.04 bits per heavy atom. The highest BCUT2D eigenvalue weighted by atomic mass is 16.7. The lowest BCUT2D eigenvalue weighted by Crippen LogP contribution is -1.93. The fraction of sp³-hybridized carbons (Fsp3) is 0.200. The van der Waals surface area contributed by atoms with E-state index in [1.165, 1.54) is 11.1 Å². The van der Waals surface area contributed by atoms with E-state index in [0.29, 0.717) is 0 Å². The molecule has 3 rings (SSSR count). The van der Waals surface area contributed by atoms with Crippen molar-refractivity contribution in [2.24, 2.45) is 0 Å². The second-order valence-corrected chi connectivity index (χ2v) is 5.44. The van der Waals surface area contributed by atoms with E-state index in [-0.39, 0.29) is 6.79 Å². The molecule has 2 aromatic rings. The lowest BCUT2D eigenvalue weighted by atomic mass is 9.93. The molecule has 0 atom stereocenters. The largest absolute Gasteiger partial charge is 0.501 e. The maximum atomic E-state index is 5.51. The number of rotatable bonds is 4. The summed E-state index contributed by atoms with van der Waals surface area (Å²) in [5.74, 6) is 2.44. The second-order valence-electron chi connectivity index (χ2n) is 5.44. The topological polar surface area (TPSA) is 27.7 Å². The Hall–Kier alpha value is -2.68. The summed E-state index contributed by atoms with van der Waals surface area (Å²) in [6.07, 6.45) is 4.06. The molecule has 23 heavy (non-hydrogen) atoms. The van der Waals surface area contributed by atoms with Crippen molar-refractivity contribution >= 4 is 5.57 Å². The second kappa shape index (κ2) is 6.61. The van der Waals surface area contributed by atoms with E-state index in [2.05, 4.69) is 37.3 Å². The molecule has 0 spiro atoms. The number of hydrogen-bond acceptors (Lipinski definition) is 3. The molecule has 0 saturated heterocycles. The van der Waals surface area contributed by atoms with Crippen LogP contribution in [0.2, 0.25) is 0 Å². The van der Waals surface area contributed by atoms with Gasteiger partial charge in [-0.15, -0.1) is 0 Å². The molecule has 0 amide bonds. The third kappa shape index (κ3) is 3.24. The Kier molecular flexibility index (Phi) is 4.38. The minimum absolute atomic E-state index is 0.283. The van der Waals surface area contributed by atoms with Crippen LogP contribution < -0.4 is 9.47 Å². The molecule has 0 radical (unpaired) electrons. The van der Waals surface area contributed by atoms with Crippen LogP contribution in [0.1, 0.15) is 23.6 Å². The van der Waals surface area contributed by atoms with E-state index < -0.39 is 0 Å². The zero-order valence-electron chi connectivity index (χ0n) is 13.6. The van der Waals surface area contributed by atoms with Crippen molar-refractivity contribution < 1.29 is 14.2 Å². The number of fused-ring (bicyclic) bond motifs is 1. The van der Waals surface area contributed by atoms with Crippen molar-refractivity contribution in [2.75, 3.05) is 13.9 Å².